The molecule has 0 saturated carbocycles. The largest absolute Gasteiger partial charge is 0.368 e. The van der Waals surface area contributed by atoms with E-state index in [4.69, 9.17) is 4.18 Å². The molecule has 0 aromatic heterocycles. The molecule has 2 aromatic carbocycles. The molecule has 2 aromatic rings. The highest BCUT2D eigenvalue weighted by Crippen LogP contribution is 2.17. The molecule has 0 spiro atoms. The van der Waals surface area contributed by atoms with Crippen LogP contribution in [0.5, 0.6) is 0 Å². The average Bonchev–Trinajstić information content (AvgIpc) is 2.59. The first kappa shape index (κ1) is 21.1. The first-order valence-electron chi connectivity index (χ1n) is 8.03. The zero-order chi connectivity index (χ0) is 20.1. The standard InChI is InChI=1S/C18H22N2O5S2/c1-20(2)14-19-27(23,24)18-6-4-5-17(12-18)11-15-7-9-16(10-8-15)13-25-26(3,21)22/h4-10,12,14H,11,13H2,1-3H3/b19-14+. The van der Waals surface area contributed by atoms with Crippen molar-refractivity contribution in [3.05, 3.63) is 65.2 Å². The summed E-state index contributed by atoms with van der Waals surface area (Å²) in [5, 5.41) is 0. The van der Waals surface area contributed by atoms with E-state index in [9.17, 15) is 16.8 Å². The van der Waals surface area contributed by atoms with E-state index in [1.54, 1.807) is 43.3 Å². The van der Waals surface area contributed by atoms with Gasteiger partial charge in [-0.25, -0.2) is 0 Å². The quantitative estimate of drug-likeness (QED) is 0.376. The maximum Gasteiger partial charge on any atom is 0.283 e. The first-order chi connectivity index (χ1) is 12.5. The smallest absolute Gasteiger partial charge is 0.283 e. The van der Waals surface area contributed by atoms with Crippen LogP contribution in [0.1, 0.15) is 16.7 Å². The van der Waals surface area contributed by atoms with Crippen LogP contribution in [0.25, 0.3) is 0 Å². The molecule has 9 heteroatoms. The maximum absolute atomic E-state index is 12.3. The summed E-state index contributed by atoms with van der Waals surface area (Å²) < 4.78 is 54.9. The molecule has 0 aliphatic heterocycles. The molecule has 0 aliphatic rings. The van der Waals surface area contributed by atoms with Crippen molar-refractivity contribution in [1.82, 2.24) is 4.90 Å². The van der Waals surface area contributed by atoms with E-state index in [1.807, 2.05) is 18.2 Å². The lowest BCUT2D eigenvalue weighted by atomic mass is 10.0. The molecule has 0 saturated heterocycles. The normalized spacial score (nSPS) is 12.4. The van der Waals surface area contributed by atoms with Gasteiger partial charge in [0.2, 0.25) is 0 Å². The predicted molar refractivity (Wildman–Crippen MR) is 105 cm³/mol. The summed E-state index contributed by atoms with van der Waals surface area (Å²) in [6.45, 7) is -0.0171. The van der Waals surface area contributed by atoms with Crippen molar-refractivity contribution in [1.29, 1.82) is 0 Å². The van der Waals surface area contributed by atoms with Crippen LogP contribution in [-0.2, 0) is 37.4 Å². The van der Waals surface area contributed by atoms with Crippen LogP contribution in [0.2, 0.25) is 0 Å². The topological polar surface area (TPSA) is 93.1 Å². The van der Waals surface area contributed by atoms with E-state index >= 15 is 0 Å². The van der Waals surface area contributed by atoms with Crippen molar-refractivity contribution in [2.24, 2.45) is 4.40 Å². The Balaban J connectivity index is 2.12. The van der Waals surface area contributed by atoms with Gasteiger partial charge >= 0.3 is 0 Å². The molecule has 7 nitrogen and oxygen atoms in total. The predicted octanol–water partition coefficient (Wildman–Crippen LogP) is 2.03. The third-order valence-electron chi connectivity index (χ3n) is 3.48. The molecule has 0 bridgehead atoms. The third kappa shape index (κ3) is 7.12. The lowest BCUT2D eigenvalue weighted by Gasteiger charge is -2.07. The lowest BCUT2D eigenvalue weighted by Crippen LogP contribution is -2.10. The fourth-order valence-corrected chi connectivity index (χ4v) is 3.53. The molecule has 0 unspecified atom stereocenters. The Labute approximate surface area is 160 Å². The van der Waals surface area contributed by atoms with Gasteiger partial charge in [0.05, 0.1) is 17.8 Å². The first-order valence-corrected chi connectivity index (χ1v) is 11.3. The minimum atomic E-state index is -3.74. The highest BCUT2D eigenvalue weighted by Gasteiger charge is 2.12. The number of rotatable bonds is 8. The van der Waals surface area contributed by atoms with Crippen molar-refractivity contribution in [2.45, 2.75) is 17.9 Å². The monoisotopic (exact) mass is 410 g/mol. The fourth-order valence-electron chi connectivity index (χ4n) is 2.20. The Morgan fingerprint density at radius 3 is 2.19 bits per heavy atom. The van der Waals surface area contributed by atoms with Crippen LogP contribution in [0, 0.1) is 0 Å². The highest BCUT2D eigenvalue weighted by molar-refractivity contribution is 7.90. The molecule has 27 heavy (non-hydrogen) atoms. The van der Waals surface area contributed by atoms with E-state index in [2.05, 4.69) is 4.40 Å². The number of nitrogens with zero attached hydrogens (tertiary/aromatic N) is 2. The number of hydrogen-bond donors (Lipinski definition) is 0. The summed E-state index contributed by atoms with van der Waals surface area (Å²) in [4.78, 5) is 1.69. The molecule has 0 amide bonds. The van der Waals surface area contributed by atoms with Crippen molar-refractivity contribution in [3.8, 4) is 0 Å². The Morgan fingerprint density at radius 2 is 1.59 bits per heavy atom. The average molecular weight is 411 g/mol. The van der Waals surface area contributed by atoms with Gasteiger partial charge in [0.25, 0.3) is 20.1 Å². The van der Waals surface area contributed by atoms with Gasteiger partial charge in [-0.15, -0.1) is 4.40 Å². The second kappa shape index (κ2) is 8.64. The molecule has 146 valence electrons. The van der Waals surface area contributed by atoms with Gasteiger partial charge in [-0.1, -0.05) is 36.4 Å². The van der Waals surface area contributed by atoms with Crippen molar-refractivity contribution >= 4 is 26.5 Å². The zero-order valence-corrected chi connectivity index (χ0v) is 17.0. The minimum Gasteiger partial charge on any atom is -0.368 e. The van der Waals surface area contributed by atoms with Crippen molar-refractivity contribution in [3.63, 3.8) is 0 Å². The van der Waals surface area contributed by atoms with Gasteiger partial charge in [-0.2, -0.15) is 16.8 Å². The highest BCUT2D eigenvalue weighted by atomic mass is 32.2. The Bertz CT molecular complexity index is 1010. The third-order valence-corrected chi connectivity index (χ3v) is 5.25. The van der Waals surface area contributed by atoms with Gasteiger partial charge in [0.15, 0.2) is 0 Å². The molecule has 2 rings (SSSR count). The van der Waals surface area contributed by atoms with E-state index < -0.39 is 20.1 Å². The summed E-state index contributed by atoms with van der Waals surface area (Å²) in [7, 11) is -3.84. The van der Waals surface area contributed by atoms with Gasteiger partial charge in [0.1, 0.15) is 6.34 Å². The van der Waals surface area contributed by atoms with Crippen molar-refractivity contribution in [2.75, 3.05) is 20.4 Å². The van der Waals surface area contributed by atoms with Crippen LogP contribution in [0.3, 0.4) is 0 Å². The van der Waals surface area contributed by atoms with E-state index in [0.717, 1.165) is 22.9 Å². The second-order valence-corrected chi connectivity index (χ2v) is 9.54. The molecular weight excluding hydrogens is 388 g/mol. The number of benzene rings is 2. The SMILES string of the molecule is CN(C)/C=N/S(=O)(=O)c1cccc(Cc2ccc(COS(C)(=O)=O)cc2)c1. The Kier molecular flexibility index (Phi) is 6.74. The van der Waals surface area contributed by atoms with Crippen LogP contribution >= 0.6 is 0 Å². The molecular formula is C18H22N2O5S2. The number of hydrogen-bond acceptors (Lipinski definition) is 5. The zero-order valence-electron chi connectivity index (χ0n) is 15.4. The van der Waals surface area contributed by atoms with Gasteiger partial charge in [-0.3, -0.25) is 4.18 Å². The Hall–Kier alpha value is -2.23. The lowest BCUT2D eigenvalue weighted by molar-refractivity contribution is 0.311. The number of sulfonamides is 1. The molecule has 0 radical (unpaired) electrons. The summed E-state index contributed by atoms with van der Waals surface area (Å²) in [6.07, 6.45) is 2.79. The molecule has 0 fully saturated rings. The van der Waals surface area contributed by atoms with Gasteiger partial charge < -0.3 is 4.90 Å². The molecule has 0 atom stereocenters. The summed E-state index contributed by atoms with van der Waals surface area (Å²) in [5.41, 5.74) is 2.53. The van der Waals surface area contributed by atoms with E-state index in [-0.39, 0.29) is 11.5 Å². The van der Waals surface area contributed by atoms with E-state index in [1.165, 1.54) is 12.4 Å². The van der Waals surface area contributed by atoms with Crippen LogP contribution in [-0.4, -0.2) is 48.4 Å². The summed E-state index contributed by atoms with van der Waals surface area (Å²) in [5.74, 6) is 0. The van der Waals surface area contributed by atoms with Gasteiger partial charge in [0, 0.05) is 14.1 Å². The van der Waals surface area contributed by atoms with Crippen LogP contribution in [0.15, 0.2) is 57.8 Å². The van der Waals surface area contributed by atoms with E-state index in [0.29, 0.717) is 6.42 Å². The molecule has 0 heterocycles. The van der Waals surface area contributed by atoms with Gasteiger partial charge in [-0.05, 0) is 35.2 Å². The van der Waals surface area contributed by atoms with Crippen LogP contribution in [0.4, 0.5) is 0 Å². The Morgan fingerprint density at radius 1 is 0.963 bits per heavy atom. The summed E-state index contributed by atoms with van der Waals surface area (Å²) >= 11 is 0. The summed E-state index contributed by atoms with van der Waals surface area (Å²) in [6, 6.07) is 13.9. The molecule has 0 N–H and O–H groups in total. The maximum atomic E-state index is 12.3. The second-order valence-electron chi connectivity index (χ2n) is 6.27. The van der Waals surface area contributed by atoms with Crippen molar-refractivity contribution < 1.29 is 21.0 Å². The van der Waals surface area contributed by atoms with Crippen LogP contribution < -0.4 is 0 Å². The minimum absolute atomic E-state index is 0.0171. The molecule has 0 aliphatic carbocycles. The fraction of sp³-hybridized carbons (Fsp3) is 0.278.